The molecule has 0 bridgehead atoms. The van der Waals surface area contributed by atoms with Crippen molar-refractivity contribution in [2.24, 2.45) is 0 Å². The second-order valence-corrected chi connectivity index (χ2v) is 4.56. The van der Waals surface area contributed by atoms with Crippen molar-refractivity contribution in [3.8, 4) is 0 Å². The Morgan fingerprint density at radius 2 is 1.89 bits per heavy atom. The van der Waals surface area contributed by atoms with Crippen molar-refractivity contribution in [3.63, 3.8) is 0 Å². The molecule has 0 saturated heterocycles. The first-order chi connectivity index (χ1) is 8.74. The van der Waals surface area contributed by atoms with Crippen LogP contribution in [-0.4, -0.2) is 0 Å². The molecule has 3 heteroatoms. The van der Waals surface area contributed by atoms with Crippen LogP contribution in [-0.2, 0) is 6.42 Å². The molecule has 18 heavy (non-hydrogen) atoms. The standard InChI is InChI=1S/C15H13F2N/c16-11-6-7-13(17)15(9-11)18-14-8-5-10-3-1-2-4-12(10)14/h1-4,6-7,9,14,18H,5,8H2. The molecule has 0 aliphatic heterocycles. The van der Waals surface area contributed by atoms with E-state index >= 15 is 0 Å². The fourth-order valence-electron chi connectivity index (χ4n) is 2.50. The Bertz CT molecular complexity index is 580. The van der Waals surface area contributed by atoms with E-state index in [0.29, 0.717) is 0 Å². The zero-order chi connectivity index (χ0) is 12.5. The quantitative estimate of drug-likeness (QED) is 0.841. The van der Waals surface area contributed by atoms with Gasteiger partial charge in [-0.05, 0) is 42.2 Å². The number of anilines is 1. The predicted molar refractivity (Wildman–Crippen MR) is 67.5 cm³/mol. The number of hydrogen-bond acceptors (Lipinski definition) is 1. The van der Waals surface area contributed by atoms with Crippen LogP contribution in [0.5, 0.6) is 0 Å². The van der Waals surface area contributed by atoms with Gasteiger partial charge in [-0.2, -0.15) is 0 Å². The molecule has 1 nitrogen and oxygen atoms in total. The van der Waals surface area contributed by atoms with E-state index in [1.807, 2.05) is 18.2 Å². The van der Waals surface area contributed by atoms with Crippen LogP contribution in [0, 0.1) is 11.6 Å². The fraction of sp³-hybridized carbons (Fsp3) is 0.200. The van der Waals surface area contributed by atoms with E-state index in [1.165, 1.54) is 17.2 Å². The molecule has 0 radical (unpaired) electrons. The third-order valence-electron chi connectivity index (χ3n) is 3.39. The molecule has 3 rings (SSSR count). The van der Waals surface area contributed by atoms with E-state index in [2.05, 4.69) is 11.4 Å². The Morgan fingerprint density at radius 1 is 1.06 bits per heavy atom. The van der Waals surface area contributed by atoms with Gasteiger partial charge in [0, 0.05) is 0 Å². The molecule has 1 N–H and O–H groups in total. The number of rotatable bonds is 2. The van der Waals surface area contributed by atoms with E-state index in [9.17, 15) is 8.78 Å². The van der Waals surface area contributed by atoms with E-state index < -0.39 is 11.6 Å². The van der Waals surface area contributed by atoms with Crippen LogP contribution in [0.2, 0.25) is 0 Å². The fourth-order valence-corrected chi connectivity index (χ4v) is 2.50. The average molecular weight is 245 g/mol. The van der Waals surface area contributed by atoms with Crippen molar-refractivity contribution < 1.29 is 8.78 Å². The molecule has 0 fully saturated rings. The van der Waals surface area contributed by atoms with Gasteiger partial charge in [-0.25, -0.2) is 8.78 Å². The second-order valence-electron chi connectivity index (χ2n) is 4.56. The molecular weight excluding hydrogens is 232 g/mol. The molecule has 0 spiro atoms. The number of aryl methyl sites for hydroxylation is 1. The molecule has 0 saturated carbocycles. The van der Waals surface area contributed by atoms with Crippen molar-refractivity contribution >= 4 is 5.69 Å². The summed E-state index contributed by atoms with van der Waals surface area (Å²) in [5.41, 5.74) is 2.70. The van der Waals surface area contributed by atoms with Gasteiger partial charge in [-0.15, -0.1) is 0 Å². The highest BCUT2D eigenvalue weighted by atomic mass is 19.1. The van der Waals surface area contributed by atoms with Gasteiger partial charge in [0.15, 0.2) is 0 Å². The highest BCUT2D eigenvalue weighted by molar-refractivity contribution is 5.49. The highest BCUT2D eigenvalue weighted by Gasteiger charge is 2.22. The summed E-state index contributed by atoms with van der Waals surface area (Å²) in [6, 6.07) is 11.6. The molecule has 1 atom stereocenters. The zero-order valence-electron chi connectivity index (χ0n) is 9.79. The monoisotopic (exact) mass is 245 g/mol. The normalized spacial score (nSPS) is 17.6. The number of hydrogen-bond donors (Lipinski definition) is 1. The minimum Gasteiger partial charge on any atom is -0.376 e. The summed E-state index contributed by atoms with van der Waals surface area (Å²) in [4.78, 5) is 0. The van der Waals surface area contributed by atoms with E-state index in [1.54, 1.807) is 0 Å². The summed E-state index contributed by atoms with van der Waals surface area (Å²) in [6.07, 6.45) is 1.89. The minimum absolute atomic E-state index is 0.0671. The number of halogens is 2. The first kappa shape index (κ1) is 11.2. The van der Waals surface area contributed by atoms with Gasteiger partial charge in [0.25, 0.3) is 0 Å². The summed E-state index contributed by atoms with van der Waals surface area (Å²) in [5.74, 6) is -0.842. The van der Waals surface area contributed by atoms with Gasteiger partial charge in [0.2, 0.25) is 0 Å². The van der Waals surface area contributed by atoms with Crippen molar-refractivity contribution in [1.29, 1.82) is 0 Å². The number of nitrogens with one attached hydrogen (secondary N) is 1. The van der Waals surface area contributed by atoms with E-state index in [4.69, 9.17) is 0 Å². The van der Waals surface area contributed by atoms with Crippen LogP contribution in [0.1, 0.15) is 23.6 Å². The van der Waals surface area contributed by atoms with Crippen LogP contribution in [0.3, 0.4) is 0 Å². The van der Waals surface area contributed by atoms with Crippen molar-refractivity contribution in [2.45, 2.75) is 18.9 Å². The lowest BCUT2D eigenvalue weighted by Gasteiger charge is -2.16. The number of fused-ring (bicyclic) bond motifs is 1. The van der Waals surface area contributed by atoms with Crippen LogP contribution in [0.15, 0.2) is 42.5 Å². The Hall–Kier alpha value is -1.90. The minimum atomic E-state index is -0.426. The molecule has 0 amide bonds. The molecular formula is C15H13F2N. The molecule has 1 aliphatic rings. The van der Waals surface area contributed by atoms with Crippen LogP contribution < -0.4 is 5.32 Å². The SMILES string of the molecule is Fc1ccc(F)c(NC2CCc3ccccc32)c1. The smallest absolute Gasteiger partial charge is 0.146 e. The van der Waals surface area contributed by atoms with E-state index in [-0.39, 0.29) is 11.7 Å². The Balaban J connectivity index is 1.88. The molecule has 0 heterocycles. The lowest BCUT2D eigenvalue weighted by atomic mass is 10.1. The third kappa shape index (κ3) is 1.96. The van der Waals surface area contributed by atoms with Crippen molar-refractivity contribution in [2.75, 3.05) is 5.32 Å². The van der Waals surface area contributed by atoms with E-state index in [0.717, 1.165) is 25.0 Å². The van der Waals surface area contributed by atoms with Gasteiger partial charge in [-0.3, -0.25) is 0 Å². The van der Waals surface area contributed by atoms with Crippen molar-refractivity contribution in [1.82, 2.24) is 0 Å². The van der Waals surface area contributed by atoms with Gasteiger partial charge >= 0.3 is 0 Å². The van der Waals surface area contributed by atoms with Gasteiger partial charge in [-0.1, -0.05) is 24.3 Å². The molecule has 2 aromatic carbocycles. The lowest BCUT2D eigenvalue weighted by molar-refractivity contribution is 0.599. The van der Waals surface area contributed by atoms with Gasteiger partial charge in [0.1, 0.15) is 11.6 Å². The third-order valence-corrected chi connectivity index (χ3v) is 3.39. The summed E-state index contributed by atoms with van der Waals surface area (Å²) in [5, 5.41) is 3.09. The summed E-state index contributed by atoms with van der Waals surface area (Å²) in [7, 11) is 0. The first-order valence-corrected chi connectivity index (χ1v) is 6.03. The maximum atomic E-state index is 13.6. The van der Waals surface area contributed by atoms with Gasteiger partial charge < -0.3 is 5.32 Å². The maximum Gasteiger partial charge on any atom is 0.146 e. The second kappa shape index (κ2) is 4.41. The van der Waals surface area contributed by atoms with Crippen LogP contribution >= 0.6 is 0 Å². The summed E-state index contributed by atoms with van der Waals surface area (Å²) in [6.45, 7) is 0. The van der Waals surface area contributed by atoms with Gasteiger partial charge in [0.05, 0.1) is 11.7 Å². The Labute approximate surface area is 104 Å². The summed E-state index contributed by atoms with van der Waals surface area (Å²) >= 11 is 0. The van der Waals surface area contributed by atoms with Crippen molar-refractivity contribution in [3.05, 3.63) is 65.2 Å². The largest absolute Gasteiger partial charge is 0.376 e. The molecule has 2 aromatic rings. The molecule has 92 valence electrons. The topological polar surface area (TPSA) is 12.0 Å². The molecule has 1 aliphatic carbocycles. The van der Waals surface area contributed by atoms with Crippen LogP contribution in [0.25, 0.3) is 0 Å². The summed E-state index contributed by atoms with van der Waals surface area (Å²) < 4.78 is 26.7. The molecule has 0 aromatic heterocycles. The lowest BCUT2D eigenvalue weighted by Crippen LogP contribution is -2.08. The number of benzene rings is 2. The highest BCUT2D eigenvalue weighted by Crippen LogP contribution is 2.34. The van der Waals surface area contributed by atoms with Crippen LogP contribution in [0.4, 0.5) is 14.5 Å². The zero-order valence-corrected chi connectivity index (χ0v) is 9.79. The predicted octanol–water partition coefficient (Wildman–Crippen LogP) is 4.06. The molecule has 1 unspecified atom stereocenters. The average Bonchev–Trinajstić information content (AvgIpc) is 2.78. The maximum absolute atomic E-state index is 13.6. The first-order valence-electron chi connectivity index (χ1n) is 6.03. The Kier molecular flexibility index (Phi) is 2.74. The Morgan fingerprint density at radius 3 is 2.78 bits per heavy atom.